The normalized spacial score (nSPS) is 11.5. The second kappa shape index (κ2) is 6.10. The first kappa shape index (κ1) is 14.8. The first-order chi connectivity index (χ1) is 8.78. The van der Waals surface area contributed by atoms with E-state index in [4.69, 9.17) is 5.73 Å². The number of nitro benzene ring substituents is 1. The van der Waals surface area contributed by atoms with Gasteiger partial charge >= 0.3 is 0 Å². The zero-order chi connectivity index (χ0) is 14.5. The van der Waals surface area contributed by atoms with E-state index in [9.17, 15) is 14.9 Å². The molecule has 102 valence electrons. The molecule has 0 atom stereocenters. The number of rotatable bonds is 5. The Morgan fingerprint density at radius 2 is 2.21 bits per heavy atom. The molecule has 6 heteroatoms. The van der Waals surface area contributed by atoms with Crippen molar-refractivity contribution in [2.24, 2.45) is 5.73 Å². The van der Waals surface area contributed by atoms with Gasteiger partial charge < -0.3 is 11.1 Å². The van der Waals surface area contributed by atoms with E-state index in [1.165, 1.54) is 24.3 Å². The lowest BCUT2D eigenvalue weighted by Gasteiger charge is -2.17. The van der Waals surface area contributed by atoms with Crippen LogP contribution in [0, 0.1) is 10.1 Å². The van der Waals surface area contributed by atoms with Crippen molar-refractivity contribution < 1.29 is 9.72 Å². The number of nitro groups is 1. The predicted octanol–water partition coefficient (Wildman–Crippen LogP) is 1.46. The fourth-order valence-electron chi connectivity index (χ4n) is 1.29. The zero-order valence-electron chi connectivity index (χ0n) is 10.9. The molecule has 3 N–H and O–H groups in total. The third kappa shape index (κ3) is 5.78. The molecule has 0 spiro atoms. The van der Waals surface area contributed by atoms with E-state index in [2.05, 4.69) is 5.32 Å². The zero-order valence-corrected chi connectivity index (χ0v) is 10.9. The third-order valence-corrected chi connectivity index (χ3v) is 2.23. The van der Waals surface area contributed by atoms with Gasteiger partial charge in [-0.05, 0) is 25.5 Å². The highest BCUT2D eigenvalue weighted by Gasteiger charge is 2.10. The van der Waals surface area contributed by atoms with Gasteiger partial charge in [0, 0.05) is 30.3 Å². The number of benzene rings is 1. The van der Waals surface area contributed by atoms with Crippen molar-refractivity contribution >= 4 is 17.7 Å². The Morgan fingerprint density at radius 3 is 2.79 bits per heavy atom. The summed E-state index contributed by atoms with van der Waals surface area (Å²) in [5.41, 5.74) is 5.84. The smallest absolute Gasteiger partial charge is 0.270 e. The molecule has 0 aromatic heterocycles. The van der Waals surface area contributed by atoms with Crippen LogP contribution in [0.2, 0.25) is 0 Å². The molecule has 19 heavy (non-hydrogen) atoms. The number of nitrogens with two attached hydrogens (primary N) is 1. The van der Waals surface area contributed by atoms with Gasteiger partial charge in [0.05, 0.1) is 4.92 Å². The van der Waals surface area contributed by atoms with Crippen molar-refractivity contribution in [1.82, 2.24) is 5.32 Å². The quantitative estimate of drug-likeness (QED) is 0.477. The van der Waals surface area contributed by atoms with E-state index in [0.29, 0.717) is 12.1 Å². The number of nitrogens with one attached hydrogen (secondary N) is 1. The van der Waals surface area contributed by atoms with Gasteiger partial charge in [0.1, 0.15) is 0 Å². The van der Waals surface area contributed by atoms with Crippen molar-refractivity contribution in [3.05, 3.63) is 46.0 Å². The summed E-state index contributed by atoms with van der Waals surface area (Å²) in [6.45, 7) is 3.96. The molecule has 0 aliphatic rings. The molecule has 1 amide bonds. The maximum atomic E-state index is 11.5. The molecule has 1 aromatic rings. The number of hydrogen-bond acceptors (Lipinski definition) is 4. The molecule has 0 bridgehead atoms. The van der Waals surface area contributed by atoms with Crippen LogP contribution < -0.4 is 11.1 Å². The molecule has 6 nitrogen and oxygen atoms in total. The molecular formula is C13H17N3O3. The standard InChI is InChI=1S/C13H17N3O3/c1-13(2,14)9-15-12(17)7-6-10-4-3-5-11(8-10)16(18)19/h3-8H,9,14H2,1-2H3,(H,15,17)/b7-6+. The average Bonchev–Trinajstić information content (AvgIpc) is 2.33. The molecule has 0 radical (unpaired) electrons. The Morgan fingerprint density at radius 1 is 1.53 bits per heavy atom. The largest absolute Gasteiger partial charge is 0.351 e. The van der Waals surface area contributed by atoms with E-state index >= 15 is 0 Å². The lowest BCUT2D eigenvalue weighted by molar-refractivity contribution is -0.384. The summed E-state index contributed by atoms with van der Waals surface area (Å²) >= 11 is 0. The fourth-order valence-corrected chi connectivity index (χ4v) is 1.29. The molecule has 0 unspecified atom stereocenters. The van der Waals surface area contributed by atoms with Crippen molar-refractivity contribution in [1.29, 1.82) is 0 Å². The predicted molar refractivity (Wildman–Crippen MR) is 73.4 cm³/mol. The monoisotopic (exact) mass is 263 g/mol. The van der Waals surface area contributed by atoms with Crippen molar-refractivity contribution in [3.8, 4) is 0 Å². The first-order valence-electron chi connectivity index (χ1n) is 5.77. The topological polar surface area (TPSA) is 98.3 Å². The van der Waals surface area contributed by atoms with Crippen LogP contribution in [0.15, 0.2) is 30.3 Å². The molecule has 0 fully saturated rings. The van der Waals surface area contributed by atoms with Gasteiger partial charge in [-0.3, -0.25) is 14.9 Å². The van der Waals surface area contributed by atoms with Crippen LogP contribution >= 0.6 is 0 Å². The minimum absolute atomic E-state index is 0.00866. The molecule has 0 heterocycles. The number of hydrogen-bond donors (Lipinski definition) is 2. The maximum Gasteiger partial charge on any atom is 0.270 e. The summed E-state index contributed by atoms with van der Waals surface area (Å²) in [4.78, 5) is 21.6. The number of carbonyl (C=O) groups is 1. The lowest BCUT2D eigenvalue weighted by atomic mass is 10.1. The Labute approximate surface area is 111 Å². The molecule has 0 saturated heterocycles. The Kier molecular flexibility index (Phi) is 4.77. The minimum atomic E-state index is -0.478. The maximum absolute atomic E-state index is 11.5. The van der Waals surface area contributed by atoms with Gasteiger partial charge in [0.2, 0.25) is 5.91 Å². The second-order valence-electron chi connectivity index (χ2n) is 4.89. The van der Waals surface area contributed by atoms with Crippen LogP contribution in [-0.2, 0) is 4.79 Å². The van der Waals surface area contributed by atoms with Gasteiger partial charge in [-0.15, -0.1) is 0 Å². The Hall–Kier alpha value is -2.21. The van der Waals surface area contributed by atoms with Crippen LogP contribution in [0.25, 0.3) is 6.08 Å². The summed E-state index contributed by atoms with van der Waals surface area (Å²) in [6, 6.07) is 6.05. The number of carbonyl (C=O) groups excluding carboxylic acids is 1. The van der Waals surface area contributed by atoms with Gasteiger partial charge in [0.15, 0.2) is 0 Å². The van der Waals surface area contributed by atoms with Gasteiger partial charge in [0.25, 0.3) is 5.69 Å². The summed E-state index contributed by atoms with van der Waals surface area (Å²) in [5.74, 6) is -0.287. The van der Waals surface area contributed by atoms with E-state index in [1.54, 1.807) is 26.0 Å². The van der Waals surface area contributed by atoms with Gasteiger partial charge in [-0.1, -0.05) is 12.1 Å². The lowest BCUT2D eigenvalue weighted by Crippen LogP contribution is -2.44. The highest BCUT2D eigenvalue weighted by molar-refractivity contribution is 5.91. The van der Waals surface area contributed by atoms with Gasteiger partial charge in [-0.25, -0.2) is 0 Å². The summed E-state index contributed by atoms with van der Waals surface area (Å²) in [5, 5.41) is 13.2. The Balaban J connectivity index is 2.64. The van der Waals surface area contributed by atoms with Crippen molar-refractivity contribution in [3.63, 3.8) is 0 Å². The van der Waals surface area contributed by atoms with Crippen LogP contribution in [0.1, 0.15) is 19.4 Å². The molecule has 0 aliphatic heterocycles. The van der Waals surface area contributed by atoms with Crippen LogP contribution in [0.4, 0.5) is 5.69 Å². The number of nitrogens with zero attached hydrogens (tertiary/aromatic N) is 1. The van der Waals surface area contributed by atoms with Crippen LogP contribution in [0.3, 0.4) is 0 Å². The highest BCUT2D eigenvalue weighted by Crippen LogP contribution is 2.13. The number of non-ortho nitro benzene ring substituents is 1. The Bertz CT molecular complexity index is 504. The van der Waals surface area contributed by atoms with E-state index in [0.717, 1.165) is 0 Å². The summed E-state index contributed by atoms with van der Waals surface area (Å²) < 4.78 is 0. The van der Waals surface area contributed by atoms with E-state index in [1.807, 2.05) is 0 Å². The average molecular weight is 263 g/mol. The molecule has 1 aromatic carbocycles. The van der Waals surface area contributed by atoms with Crippen LogP contribution in [0.5, 0.6) is 0 Å². The van der Waals surface area contributed by atoms with E-state index < -0.39 is 10.5 Å². The highest BCUT2D eigenvalue weighted by atomic mass is 16.6. The van der Waals surface area contributed by atoms with Crippen LogP contribution in [-0.4, -0.2) is 22.9 Å². The van der Waals surface area contributed by atoms with Crippen molar-refractivity contribution in [2.75, 3.05) is 6.54 Å². The van der Waals surface area contributed by atoms with Gasteiger partial charge in [-0.2, -0.15) is 0 Å². The molecule has 0 saturated carbocycles. The first-order valence-corrected chi connectivity index (χ1v) is 5.77. The summed E-state index contributed by atoms with van der Waals surface area (Å²) in [7, 11) is 0. The second-order valence-corrected chi connectivity index (χ2v) is 4.89. The number of amides is 1. The van der Waals surface area contributed by atoms with E-state index in [-0.39, 0.29) is 11.6 Å². The SMILES string of the molecule is CC(C)(N)CNC(=O)/C=C/c1cccc([N+](=O)[O-])c1. The minimum Gasteiger partial charge on any atom is -0.351 e. The fraction of sp³-hybridized carbons (Fsp3) is 0.308. The summed E-state index contributed by atoms with van der Waals surface area (Å²) in [6.07, 6.45) is 2.84. The molecule has 1 rings (SSSR count). The third-order valence-electron chi connectivity index (χ3n) is 2.23. The van der Waals surface area contributed by atoms with Crippen molar-refractivity contribution in [2.45, 2.75) is 19.4 Å². The molecular weight excluding hydrogens is 246 g/mol. The molecule has 0 aliphatic carbocycles.